The zero-order valence-corrected chi connectivity index (χ0v) is 13.8. The van der Waals surface area contributed by atoms with Crippen molar-refractivity contribution in [2.24, 2.45) is 0 Å². The first kappa shape index (κ1) is 15.6. The first-order chi connectivity index (χ1) is 10.8. The largest absolute Gasteiger partial charge is 0.390 e. The maximum Gasteiger partial charge on any atom is 0.123 e. The van der Waals surface area contributed by atoms with Crippen molar-refractivity contribution in [2.45, 2.75) is 6.61 Å². The summed E-state index contributed by atoms with van der Waals surface area (Å²) in [6.07, 6.45) is 1.75. The Balaban J connectivity index is 0.00000156. The third kappa shape index (κ3) is 2.52. The second-order valence-corrected chi connectivity index (χ2v) is 5.18. The van der Waals surface area contributed by atoms with E-state index < -0.39 is 0 Å². The molecule has 3 nitrogen and oxygen atoms in total. The number of halogens is 2. The van der Waals surface area contributed by atoms with Crippen LogP contribution in [0.1, 0.15) is 5.69 Å². The van der Waals surface area contributed by atoms with E-state index in [1.54, 1.807) is 18.3 Å². The maximum absolute atomic E-state index is 13.2. The van der Waals surface area contributed by atoms with Gasteiger partial charge in [0.05, 0.1) is 29.5 Å². The Kier molecular flexibility index (Phi) is 4.15. The number of hydrogen-bond donors (Lipinski definition) is 1. The van der Waals surface area contributed by atoms with Gasteiger partial charge in [0.25, 0.3) is 0 Å². The third-order valence-corrected chi connectivity index (χ3v) is 3.86. The average molecular weight is 373 g/mol. The molecule has 2 aromatic carbocycles. The number of aliphatic hydroxyl groups excluding tert-OH is 1. The van der Waals surface area contributed by atoms with Crippen LogP contribution in [0.3, 0.4) is 0 Å². The molecule has 0 aliphatic carbocycles. The van der Waals surface area contributed by atoms with E-state index in [9.17, 15) is 9.50 Å². The summed E-state index contributed by atoms with van der Waals surface area (Å²) >= 11 is 0. The molecule has 4 rings (SSSR count). The highest BCUT2D eigenvalue weighted by atomic mass is 79.9. The van der Waals surface area contributed by atoms with Crippen LogP contribution in [0, 0.1) is 5.82 Å². The second kappa shape index (κ2) is 6.10. The van der Waals surface area contributed by atoms with Gasteiger partial charge in [-0.2, -0.15) is 0 Å². The third-order valence-electron chi connectivity index (χ3n) is 3.86. The zero-order valence-electron chi connectivity index (χ0n) is 12.1. The second-order valence-electron chi connectivity index (χ2n) is 5.18. The van der Waals surface area contributed by atoms with Crippen molar-refractivity contribution in [1.29, 1.82) is 0 Å². The van der Waals surface area contributed by atoms with Crippen LogP contribution in [0.2, 0.25) is 0 Å². The van der Waals surface area contributed by atoms with Crippen molar-refractivity contribution in [3.05, 3.63) is 72.3 Å². The summed E-state index contributed by atoms with van der Waals surface area (Å²) in [6, 6.07) is 16.3. The molecule has 0 radical (unpaired) electrons. The molecule has 0 atom stereocenters. The molecule has 2 heterocycles. The van der Waals surface area contributed by atoms with Gasteiger partial charge in [-0.1, -0.05) is 18.2 Å². The number of nitrogens with zero attached hydrogens (tertiary/aromatic N) is 2. The van der Waals surface area contributed by atoms with E-state index in [4.69, 9.17) is 0 Å². The minimum absolute atomic E-state index is 0. The van der Waals surface area contributed by atoms with E-state index >= 15 is 0 Å². The molecule has 1 N–H and O–H groups in total. The minimum Gasteiger partial charge on any atom is -0.390 e. The number of aliphatic hydroxyl groups is 1. The van der Waals surface area contributed by atoms with Gasteiger partial charge < -0.3 is 9.67 Å². The van der Waals surface area contributed by atoms with Gasteiger partial charge in [-0.15, -0.1) is 17.0 Å². The van der Waals surface area contributed by atoms with E-state index in [0.29, 0.717) is 5.69 Å². The molecule has 0 unspecified atom stereocenters. The molecular formula is C18H14BrFN2O. The highest BCUT2D eigenvalue weighted by Crippen LogP contribution is 2.31. The van der Waals surface area contributed by atoms with E-state index in [2.05, 4.69) is 9.55 Å². The minimum atomic E-state index is -0.259. The predicted octanol–water partition coefficient (Wildman–Crippen LogP) is 4.39. The quantitative estimate of drug-likeness (QED) is 0.566. The Hall–Kier alpha value is -2.24. The molecule has 0 fully saturated rings. The first-order valence-electron chi connectivity index (χ1n) is 7.03. The van der Waals surface area contributed by atoms with Crippen LogP contribution in [0.15, 0.2) is 60.8 Å². The first-order valence-corrected chi connectivity index (χ1v) is 7.03. The number of benzene rings is 2. The molecule has 2 aromatic heterocycles. The Labute approximate surface area is 142 Å². The van der Waals surface area contributed by atoms with Gasteiger partial charge in [0.2, 0.25) is 0 Å². The number of fused-ring (bicyclic) bond motifs is 3. The fourth-order valence-corrected chi connectivity index (χ4v) is 2.87. The summed E-state index contributed by atoms with van der Waals surface area (Å²) in [6.45, 7) is -0.0913. The predicted molar refractivity (Wildman–Crippen MR) is 94.8 cm³/mol. The molecule has 0 bridgehead atoms. The lowest BCUT2D eigenvalue weighted by atomic mass is 10.2. The van der Waals surface area contributed by atoms with Gasteiger partial charge in [0, 0.05) is 16.5 Å². The van der Waals surface area contributed by atoms with E-state index in [-0.39, 0.29) is 29.4 Å². The molecule has 0 saturated carbocycles. The van der Waals surface area contributed by atoms with Gasteiger partial charge in [0.1, 0.15) is 5.82 Å². The normalized spacial score (nSPS) is 10.9. The number of para-hydroxylation sites is 1. The van der Waals surface area contributed by atoms with E-state index in [1.807, 2.05) is 30.3 Å². The molecular weight excluding hydrogens is 359 g/mol. The van der Waals surface area contributed by atoms with Crippen LogP contribution in [0.4, 0.5) is 4.39 Å². The van der Waals surface area contributed by atoms with E-state index in [0.717, 1.165) is 27.5 Å². The van der Waals surface area contributed by atoms with Crippen molar-refractivity contribution >= 4 is 38.8 Å². The SMILES string of the molecule is Br.OCc1cc2c3ccccc3n(-c3ccc(F)cc3)c2cn1. The Bertz CT molecular complexity index is 980. The molecule has 0 spiro atoms. The van der Waals surface area contributed by atoms with Gasteiger partial charge in [-0.3, -0.25) is 4.98 Å². The topological polar surface area (TPSA) is 38.0 Å². The highest BCUT2D eigenvalue weighted by molar-refractivity contribution is 8.93. The van der Waals surface area contributed by atoms with Crippen LogP contribution in [0.5, 0.6) is 0 Å². The lowest BCUT2D eigenvalue weighted by Gasteiger charge is -2.07. The van der Waals surface area contributed by atoms with Crippen molar-refractivity contribution in [3.8, 4) is 5.69 Å². The van der Waals surface area contributed by atoms with Crippen molar-refractivity contribution < 1.29 is 9.50 Å². The monoisotopic (exact) mass is 372 g/mol. The molecule has 0 aliphatic rings. The fraction of sp³-hybridized carbons (Fsp3) is 0.0556. The van der Waals surface area contributed by atoms with E-state index in [1.165, 1.54) is 12.1 Å². The molecule has 5 heteroatoms. The van der Waals surface area contributed by atoms with Crippen LogP contribution in [0.25, 0.3) is 27.5 Å². The lowest BCUT2D eigenvalue weighted by Crippen LogP contribution is -1.95. The molecule has 4 aromatic rings. The number of pyridine rings is 1. The summed E-state index contributed by atoms with van der Waals surface area (Å²) in [5, 5.41) is 11.4. The maximum atomic E-state index is 13.2. The zero-order chi connectivity index (χ0) is 15.1. The number of aromatic nitrogens is 2. The highest BCUT2D eigenvalue weighted by Gasteiger charge is 2.12. The Morgan fingerprint density at radius 1 is 0.957 bits per heavy atom. The van der Waals surface area contributed by atoms with Gasteiger partial charge in [0.15, 0.2) is 0 Å². The summed E-state index contributed by atoms with van der Waals surface area (Å²) in [4.78, 5) is 4.28. The molecule has 23 heavy (non-hydrogen) atoms. The van der Waals surface area contributed by atoms with Crippen molar-refractivity contribution in [1.82, 2.24) is 9.55 Å². The van der Waals surface area contributed by atoms with Crippen molar-refractivity contribution in [2.75, 3.05) is 0 Å². The van der Waals surface area contributed by atoms with Crippen LogP contribution in [-0.2, 0) is 6.61 Å². The Morgan fingerprint density at radius 2 is 1.70 bits per heavy atom. The lowest BCUT2D eigenvalue weighted by molar-refractivity contribution is 0.277. The summed E-state index contributed by atoms with van der Waals surface area (Å²) < 4.78 is 15.3. The smallest absolute Gasteiger partial charge is 0.123 e. The fourth-order valence-electron chi connectivity index (χ4n) is 2.87. The average Bonchev–Trinajstić information content (AvgIpc) is 2.89. The van der Waals surface area contributed by atoms with Gasteiger partial charge in [-0.05, 0) is 36.4 Å². The molecule has 0 amide bonds. The van der Waals surface area contributed by atoms with Crippen LogP contribution >= 0.6 is 17.0 Å². The summed E-state index contributed by atoms with van der Waals surface area (Å²) in [5.74, 6) is -0.259. The van der Waals surface area contributed by atoms with Gasteiger partial charge in [-0.25, -0.2) is 4.39 Å². The number of hydrogen-bond acceptors (Lipinski definition) is 2. The standard InChI is InChI=1S/C18H13FN2O.BrH/c19-12-5-7-14(8-6-12)21-17-4-2-1-3-15(17)16-9-13(11-22)20-10-18(16)21;/h1-10,22H,11H2;1H. The van der Waals surface area contributed by atoms with Crippen LogP contribution < -0.4 is 0 Å². The van der Waals surface area contributed by atoms with Crippen LogP contribution in [-0.4, -0.2) is 14.7 Å². The Morgan fingerprint density at radius 3 is 2.43 bits per heavy atom. The van der Waals surface area contributed by atoms with Gasteiger partial charge >= 0.3 is 0 Å². The molecule has 0 saturated heterocycles. The number of rotatable bonds is 2. The summed E-state index contributed by atoms with van der Waals surface area (Å²) in [7, 11) is 0. The molecule has 116 valence electrons. The molecule has 0 aliphatic heterocycles. The summed E-state index contributed by atoms with van der Waals surface area (Å²) in [5.41, 5.74) is 3.48. The van der Waals surface area contributed by atoms with Crippen molar-refractivity contribution in [3.63, 3.8) is 0 Å².